The number of fused-ring (bicyclic) bond motifs is 1. The van der Waals surface area contributed by atoms with E-state index in [2.05, 4.69) is 10.3 Å². The van der Waals surface area contributed by atoms with E-state index in [1.165, 1.54) is 0 Å². The number of nitrogens with one attached hydrogen (secondary N) is 1. The van der Waals surface area contributed by atoms with Crippen LogP contribution in [0.2, 0.25) is 0 Å². The van der Waals surface area contributed by atoms with Gasteiger partial charge in [0.05, 0.1) is 17.4 Å². The fourth-order valence-corrected chi connectivity index (χ4v) is 1.61. The number of ketones is 1. The molecule has 0 radical (unpaired) electrons. The lowest BCUT2D eigenvalue weighted by Gasteiger charge is -2.22. The number of nitrogens with zero attached hydrogens (tertiary/aromatic N) is 1. The largest absolute Gasteiger partial charge is 0.375 e. The van der Waals surface area contributed by atoms with Crippen LogP contribution in [0.1, 0.15) is 13.8 Å². The highest BCUT2D eigenvalue weighted by molar-refractivity contribution is 6.42. The lowest BCUT2D eigenvalue weighted by Crippen LogP contribution is -2.33. The summed E-state index contributed by atoms with van der Waals surface area (Å²) < 4.78 is 0. The van der Waals surface area contributed by atoms with Crippen LogP contribution in [0.4, 0.5) is 11.4 Å². The van der Waals surface area contributed by atoms with Gasteiger partial charge in [-0.15, -0.1) is 0 Å². The average Bonchev–Trinajstić information content (AvgIpc) is 2.16. The lowest BCUT2D eigenvalue weighted by molar-refractivity contribution is -0.111. The number of hydrogen-bond acceptors (Lipinski definition) is 3. The maximum atomic E-state index is 11.2. The first-order chi connectivity index (χ1) is 6.68. The normalized spacial score (nSPS) is 19.3. The van der Waals surface area contributed by atoms with Crippen molar-refractivity contribution < 1.29 is 4.79 Å². The first-order valence-electron chi connectivity index (χ1n) is 4.63. The van der Waals surface area contributed by atoms with E-state index >= 15 is 0 Å². The van der Waals surface area contributed by atoms with Crippen LogP contribution < -0.4 is 5.32 Å². The SMILES string of the molecule is CC(=O)C1=Nc2ccccc2NC1C. The minimum Gasteiger partial charge on any atom is -0.375 e. The number of para-hydroxylation sites is 2. The van der Waals surface area contributed by atoms with Gasteiger partial charge in [-0.2, -0.15) is 0 Å². The van der Waals surface area contributed by atoms with Crippen molar-refractivity contribution in [3.05, 3.63) is 24.3 Å². The van der Waals surface area contributed by atoms with Crippen molar-refractivity contribution in [2.45, 2.75) is 19.9 Å². The van der Waals surface area contributed by atoms with E-state index < -0.39 is 0 Å². The van der Waals surface area contributed by atoms with Crippen LogP contribution in [-0.2, 0) is 4.79 Å². The van der Waals surface area contributed by atoms with Gasteiger partial charge in [-0.3, -0.25) is 4.79 Å². The Morgan fingerprint density at radius 2 is 2.14 bits per heavy atom. The Bertz CT molecular complexity index is 410. The molecule has 0 aliphatic carbocycles. The molecule has 1 aliphatic heterocycles. The van der Waals surface area contributed by atoms with Gasteiger partial charge in [0.15, 0.2) is 5.78 Å². The molecule has 1 heterocycles. The Morgan fingerprint density at radius 3 is 2.86 bits per heavy atom. The summed E-state index contributed by atoms with van der Waals surface area (Å²) in [6.07, 6.45) is 0. The molecule has 1 unspecified atom stereocenters. The van der Waals surface area contributed by atoms with Crippen molar-refractivity contribution in [3.63, 3.8) is 0 Å². The molecule has 0 saturated carbocycles. The van der Waals surface area contributed by atoms with Crippen molar-refractivity contribution in [3.8, 4) is 0 Å². The summed E-state index contributed by atoms with van der Waals surface area (Å²) in [6.45, 7) is 3.49. The molecule has 0 aromatic heterocycles. The van der Waals surface area contributed by atoms with Gasteiger partial charge in [-0.25, -0.2) is 4.99 Å². The summed E-state index contributed by atoms with van der Waals surface area (Å²) >= 11 is 0. The van der Waals surface area contributed by atoms with Crippen LogP contribution in [0, 0.1) is 0 Å². The molecule has 0 amide bonds. The Labute approximate surface area is 82.9 Å². The van der Waals surface area contributed by atoms with E-state index in [-0.39, 0.29) is 11.8 Å². The molecule has 1 aromatic carbocycles. The van der Waals surface area contributed by atoms with Crippen LogP contribution >= 0.6 is 0 Å². The number of rotatable bonds is 1. The second kappa shape index (κ2) is 3.25. The molecule has 1 atom stereocenters. The molecule has 1 aromatic rings. The van der Waals surface area contributed by atoms with Crippen molar-refractivity contribution in [2.24, 2.45) is 4.99 Å². The molecule has 3 heteroatoms. The van der Waals surface area contributed by atoms with E-state index in [1.807, 2.05) is 31.2 Å². The van der Waals surface area contributed by atoms with Crippen LogP contribution in [0.3, 0.4) is 0 Å². The Kier molecular flexibility index (Phi) is 2.08. The zero-order chi connectivity index (χ0) is 10.1. The Balaban J connectivity index is 2.49. The summed E-state index contributed by atoms with van der Waals surface area (Å²) in [4.78, 5) is 15.6. The molecule has 1 aliphatic rings. The Hall–Kier alpha value is -1.64. The van der Waals surface area contributed by atoms with Gasteiger partial charge in [0.1, 0.15) is 5.71 Å². The molecule has 0 spiro atoms. The number of anilines is 1. The topological polar surface area (TPSA) is 41.5 Å². The van der Waals surface area contributed by atoms with E-state index in [0.29, 0.717) is 5.71 Å². The van der Waals surface area contributed by atoms with Gasteiger partial charge in [0, 0.05) is 6.92 Å². The van der Waals surface area contributed by atoms with E-state index in [9.17, 15) is 4.79 Å². The molecular formula is C11H12N2O. The number of Topliss-reactive ketones (excluding diaryl/α,β-unsaturated/α-hetero) is 1. The first kappa shape index (κ1) is 8.94. The second-order valence-electron chi connectivity index (χ2n) is 3.44. The molecule has 0 saturated heterocycles. The van der Waals surface area contributed by atoms with E-state index in [1.54, 1.807) is 6.92 Å². The lowest BCUT2D eigenvalue weighted by atomic mass is 10.1. The quantitative estimate of drug-likeness (QED) is 0.733. The first-order valence-corrected chi connectivity index (χ1v) is 4.63. The average molecular weight is 188 g/mol. The zero-order valence-electron chi connectivity index (χ0n) is 8.24. The third-order valence-corrected chi connectivity index (χ3v) is 2.29. The summed E-state index contributed by atoms with van der Waals surface area (Å²) in [6, 6.07) is 7.73. The zero-order valence-corrected chi connectivity index (χ0v) is 8.24. The molecule has 14 heavy (non-hydrogen) atoms. The minimum atomic E-state index is 0.00222. The summed E-state index contributed by atoms with van der Waals surface area (Å²) in [5.74, 6) is 0.0273. The van der Waals surface area contributed by atoms with Gasteiger partial charge in [-0.1, -0.05) is 12.1 Å². The van der Waals surface area contributed by atoms with E-state index in [4.69, 9.17) is 0 Å². The molecule has 1 N–H and O–H groups in total. The smallest absolute Gasteiger partial charge is 0.176 e. The van der Waals surface area contributed by atoms with Gasteiger partial charge in [0.2, 0.25) is 0 Å². The van der Waals surface area contributed by atoms with Gasteiger partial charge in [0.25, 0.3) is 0 Å². The molecule has 72 valence electrons. The monoisotopic (exact) mass is 188 g/mol. The van der Waals surface area contributed by atoms with Crippen molar-refractivity contribution in [1.29, 1.82) is 0 Å². The Morgan fingerprint density at radius 1 is 1.43 bits per heavy atom. The van der Waals surface area contributed by atoms with Crippen molar-refractivity contribution in [2.75, 3.05) is 5.32 Å². The van der Waals surface area contributed by atoms with Crippen LogP contribution in [0.15, 0.2) is 29.3 Å². The minimum absolute atomic E-state index is 0.00222. The van der Waals surface area contributed by atoms with Gasteiger partial charge < -0.3 is 5.32 Å². The summed E-state index contributed by atoms with van der Waals surface area (Å²) in [5.41, 5.74) is 2.43. The number of benzene rings is 1. The van der Waals surface area contributed by atoms with Crippen LogP contribution in [-0.4, -0.2) is 17.5 Å². The predicted octanol–water partition coefficient (Wildman–Crippen LogP) is 2.16. The number of carbonyl (C=O) groups excluding carboxylic acids is 1. The van der Waals surface area contributed by atoms with Crippen molar-refractivity contribution in [1.82, 2.24) is 0 Å². The fourth-order valence-electron chi connectivity index (χ4n) is 1.61. The number of aliphatic imine (C=N–C) groups is 1. The molecule has 2 rings (SSSR count). The third-order valence-electron chi connectivity index (χ3n) is 2.29. The highest BCUT2D eigenvalue weighted by Crippen LogP contribution is 2.29. The highest BCUT2D eigenvalue weighted by Gasteiger charge is 2.20. The maximum Gasteiger partial charge on any atom is 0.176 e. The second-order valence-corrected chi connectivity index (χ2v) is 3.44. The number of hydrogen-bond donors (Lipinski definition) is 1. The van der Waals surface area contributed by atoms with E-state index in [0.717, 1.165) is 11.4 Å². The fraction of sp³-hybridized carbons (Fsp3) is 0.273. The molecule has 0 fully saturated rings. The van der Waals surface area contributed by atoms with Crippen LogP contribution in [0.25, 0.3) is 0 Å². The highest BCUT2D eigenvalue weighted by atomic mass is 16.1. The number of carbonyl (C=O) groups is 1. The van der Waals surface area contributed by atoms with Crippen LogP contribution in [0.5, 0.6) is 0 Å². The summed E-state index contributed by atoms with van der Waals surface area (Å²) in [5, 5.41) is 3.24. The van der Waals surface area contributed by atoms with Crippen molar-refractivity contribution >= 4 is 22.9 Å². The third kappa shape index (κ3) is 1.41. The molecule has 3 nitrogen and oxygen atoms in total. The van der Waals surface area contributed by atoms with Gasteiger partial charge >= 0.3 is 0 Å². The molecule has 0 bridgehead atoms. The summed E-state index contributed by atoms with van der Waals surface area (Å²) in [7, 11) is 0. The van der Waals surface area contributed by atoms with Gasteiger partial charge in [-0.05, 0) is 19.1 Å². The standard InChI is InChI=1S/C11H12N2O/c1-7-11(8(2)14)13-10-6-4-3-5-9(10)12-7/h3-7,12H,1-2H3. The predicted molar refractivity (Wildman–Crippen MR) is 57.3 cm³/mol. The molecular weight excluding hydrogens is 176 g/mol. The maximum absolute atomic E-state index is 11.2.